The highest BCUT2D eigenvalue weighted by molar-refractivity contribution is 6.00. The number of para-hydroxylation sites is 1. The molecule has 1 heterocycles. The van der Waals surface area contributed by atoms with Crippen LogP contribution in [0.4, 0.5) is 10.5 Å². The van der Waals surface area contributed by atoms with Gasteiger partial charge >= 0.3 is 18.0 Å². The fourth-order valence-electron chi connectivity index (χ4n) is 2.48. The second-order valence-corrected chi connectivity index (χ2v) is 5.75. The van der Waals surface area contributed by atoms with Crippen molar-refractivity contribution in [1.29, 1.82) is 0 Å². The lowest BCUT2D eigenvalue weighted by molar-refractivity contribution is -0.143. The number of esters is 2. The Hall–Kier alpha value is -3.29. The molecular formula is C20H24N2O6. The Morgan fingerprint density at radius 1 is 1.04 bits per heavy atom. The van der Waals surface area contributed by atoms with Crippen molar-refractivity contribution < 1.29 is 28.3 Å². The first-order valence-electron chi connectivity index (χ1n) is 9.05. The molecule has 0 saturated carbocycles. The second-order valence-electron chi connectivity index (χ2n) is 5.75. The Kier molecular flexibility index (Phi) is 8.08. The smallest absolute Gasteiger partial charge is 0.340 e. The number of hydrogen-bond donors (Lipinski definition) is 1. The van der Waals surface area contributed by atoms with E-state index in [9.17, 15) is 14.4 Å². The molecule has 0 spiro atoms. The van der Waals surface area contributed by atoms with Gasteiger partial charge in [0.15, 0.2) is 0 Å². The monoisotopic (exact) mass is 388 g/mol. The first-order chi connectivity index (χ1) is 13.5. The number of anilines is 1. The predicted molar refractivity (Wildman–Crippen MR) is 102 cm³/mol. The van der Waals surface area contributed by atoms with Crippen LogP contribution in [0.15, 0.2) is 47.1 Å². The van der Waals surface area contributed by atoms with Crippen LogP contribution < -0.4 is 5.32 Å². The van der Waals surface area contributed by atoms with Crippen LogP contribution in [-0.2, 0) is 20.8 Å². The van der Waals surface area contributed by atoms with E-state index in [0.717, 1.165) is 0 Å². The summed E-state index contributed by atoms with van der Waals surface area (Å²) in [5, 5.41) is 2.71. The van der Waals surface area contributed by atoms with Crippen molar-refractivity contribution in [3.8, 4) is 0 Å². The van der Waals surface area contributed by atoms with Crippen LogP contribution in [0.1, 0.15) is 36.4 Å². The Labute approximate surface area is 163 Å². The van der Waals surface area contributed by atoms with Gasteiger partial charge in [0.2, 0.25) is 0 Å². The first-order valence-corrected chi connectivity index (χ1v) is 9.05. The molecule has 2 aromatic rings. The molecule has 1 N–H and O–H groups in total. The van der Waals surface area contributed by atoms with E-state index < -0.39 is 18.0 Å². The SMILES string of the molecule is CCOC(=O)CCN(Cc1ccco1)C(=O)Nc1ccccc1C(=O)OCC. The van der Waals surface area contributed by atoms with Crippen LogP contribution in [0.25, 0.3) is 0 Å². The summed E-state index contributed by atoms with van der Waals surface area (Å²) in [5.74, 6) is -0.355. The van der Waals surface area contributed by atoms with Crippen molar-refractivity contribution in [3.63, 3.8) is 0 Å². The highest BCUT2D eigenvalue weighted by Crippen LogP contribution is 2.18. The van der Waals surface area contributed by atoms with Crippen molar-refractivity contribution >= 4 is 23.7 Å². The Bertz CT molecular complexity index is 788. The quantitative estimate of drug-likeness (QED) is 0.661. The minimum atomic E-state index is -0.525. The van der Waals surface area contributed by atoms with E-state index >= 15 is 0 Å². The lowest BCUT2D eigenvalue weighted by Gasteiger charge is -2.22. The molecule has 0 atom stereocenters. The lowest BCUT2D eigenvalue weighted by atomic mass is 10.2. The van der Waals surface area contributed by atoms with Gasteiger partial charge in [0.1, 0.15) is 5.76 Å². The molecule has 1 aromatic heterocycles. The maximum absolute atomic E-state index is 12.8. The first kappa shape index (κ1) is 21.0. The summed E-state index contributed by atoms with van der Waals surface area (Å²) in [7, 11) is 0. The zero-order valence-electron chi connectivity index (χ0n) is 16.0. The minimum Gasteiger partial charge on any atom is -0.467 e. The van der Waals surface area contributed by atoms with Crippen molar-refractivity contribution in [2.24, 2.45) is 0 Å². The Morgan fingerprint density at radius 2 is 1.79 bits per heavy atom. The number of nitrogens with zero attached hydrogens (tertiary/aromatic N) is 1. The van der Waals surface area contributed by atoms with Gasteiger partial charge in [-0.25, -0.2) is 9.59 Å². The number of carbonyl (C=O) groups is 3. The molecule has 2 amide bonds. The average Bonchev–Trinajstić information content (AvgIpc) is 3.19. The number of benzene rings is 1. The lowest BCUT2D eigenvalue weighted by Crippen LogP contribution is -2.36. The summed E-state index contributed by atoms with van der Waals surface area (Å²) in [4.78, 5) is 38.0. The summed E-state index contributed by atoms with van der Waals surface area (Å²) >= 11 is 0. The maximum atomic E-state index is 12.8. The van der Waals surface area contributed by atoms with E-state index in [0.29, 0.717) is 11.4 Å². The Morgan fingerprint density at radius 3 is 2.46 bits per heavy atom. The van der Waals surface area contributed by atoms with E-state index in [1.165, 1.54) is 11.2 Å². The van der Waals surface area contributed by atoms with Gasteiger partial charge in [0.25, 0.3) is 0 Å². The molecule has 8 heteroatoms. The number of carbonyl (C=O) groups excluding carboxylic acids is 3. The van der Waals surface area contributed by atoms with Gasteiger partial charge in [-0.15, -0.1) is 0 Å². The van der Waals surface area contributed by atoms with Crippen LogP contribution in [0.3, 0.4) is 0 Å². The Balaban J connectivity index is 2.13. The fraction of sp³-hybridized carbons (Fsp3) is 0.350. The molecule has 28 heavy (non-hydrogen) atoms. The van der Waals surface area contributed by atoms with Gasteiger partial charge in [-0.1, -0.05) is 12.1 Å². The molecule has 2 rings (SSSR count). The van der Waals surface area contributed by atoms with Gasteiger partial charge in [0, 0.05) is 6.54 Å². The van der Waals surface area contributed by atoms with E-state index in [1.54, 1.807) is 50.2 Å². The molecule has 0 radical (unpaired) electrons. The van der Waals surface area contributed by atoms with Crippen molar-refractivity contribution in [2.75, 3.05) is 25.1 Å². The topological polar surface area (TPSA) is 98.1 Å². The largest absolute Gasteiger partial charge is 0.467 e. The van der Waals surface area contributed by atoms with Gasteiger partial charge in [0.05, 0.1) is 43.7 Å². The van der Waals surface area contributed by atoms with Crippen LogP contribution in [0.2, 0.25) is 0 Å². The minimum absolute atomic E-state index is 0.0431. The maximum Gasteiger partial charge on any atom is 0.340 e. The number of rotatable bonds is 9. The van der Waals surface area contributed by atoms with Crippen molar-refractivity contribution in [3.05, 3.63) is 54.0 Å². The summed E-state index contributed by atoms with van der Waals surface area (Å²) in [6, 6.07) is 9.54. The highest BCUT2D eigenvalue weighted by Gasteiger charge is 2.20. The molecule has 8 nitrogen and oxygen atoms in total. The zero-order chi connectivity index (χ0) is 20.4. The van der Waals surface area contributed by atoms with Crippen LogP contribution >= 0.6 is 0 Å². The van der Waals surface area contributed by atoms with E-state index in [1.807, 2.05) is 0 Å². The van der Waals surface area contributed by atoms with E-state index in [2.05, 4.69) is 5.32 Å². The standard InChI is InChI=1S/C20H24N2O6/c1-3-26-18(23)11-12-22(14-15-8-7-13-28-15)20(25)21-17-10-6-5-9-16(17)19(24)27-4-2/h5-10,13H,3-4,11-12,14H2,1-2H3,(H,21,25). The number of nitrogens with one attached hydrogen (secondary N) is 1. The number of ether oxygens (including phenoxy) is 2. The summed E-state index contributed by atoms with van der Waals surface area (Å²) < 4.78 is 15.2. The molecular weight excluding hydrogens is 364 g/mol. The molecule has 0 fully saturated rings. The summed E-state index contributed by atoms with van der Waals surface area (Å²) in [5.41, 5.74) is 0.576. The number of furan rings is 1. The highest BCUT2D eigenvalue weighted by atomic mass is 16.5. The molecule has 150 valence electrons. The molecule has 0 aliphatic rings. The van der Waals surface area contributed by atoms with Crippen molar-refractivity contribution in [1.82, 2.24) is 4.90 Å². The third-order valence-electron chi connectivity index (χ3n) is 3.77. The number of amides is 2. The third kappa shape index (κ3) is 6.15. The van der Waals surface area contributed by atoms with Gasteiger partial charge in [-0.2, -0.15) is 0 Å². The molecule has 0 unspecified atom stereocenters. The van der Waals surface area contributed by atoms with Crippen molar-refractivity contribution in [2.45, 2.75) is 26.8 Å². The molecule has 0 saturated heterocycles. The molecule has 0 aliphatic heterocycles. The van der Waals surface area contributed by atoms with Crippen LogP contribution in [-0.4, -0.2) is 42.6 Å². The summed E-state index contributed by atoms with van der Waals surface area (Å²) in [6.07, 6.45) is 1.55. The fourth-order valence-corrected chi connectivity index (χ4v) is 2.48. The van der Waals surface area contributed by atoms with Gasteiger partial charge < -0.3 is 24.1 Å². The van der Waals surface area contributed by atoms with E-state index in [-0.39, 0.29) is 38.3 Å². The number of hydrogen-bond acceptors (Lipinski definition) is 6. The second kappa shape index (κ2) is 10.8. The third-order valence-corrected chi connectivity index (χ3v) is 3.77. The predicted octanol–water partition coefficient (Wildman–Crippen LogP) is 3.44. The van der Waals surface area contributed by atoms with Gasteiger partial charge in [-0.05, 0) is 38.1 Å². The summed E-state index contributed by atoms with van der Waals surface area (Å²) in [6.45, 7) is 4.23. The van der Waals surface area contributed by atoms with Crippen LogP contribution in [0.5, 0.6) is 0 Å². The average molecular weight is 388 g/mol. The normalized spacial score (nSPS) is 10.2. The molecule has 0 aliphatic carbocycles. The number of urea groups is 1. The molecule has 1 aromatic carbocycles. The zero-order valence-corrected chi connectivity index (χ0v) is 16.0. The van der Waals surface area contributed by atoms with Gasteiger partial charge in [-0.3, -0.25) is 4.79 Å². The van der Waals surface area contributed by atoms with E-state index in [4.69, 9.17) is 13.9 Å². The van der Waals surface area contributed by atoms with Crippen LogP contribution in [0, 0.1) is 0 Å². The molecule has 0 bridgehead atoms.